The molecule has 1 fully saturated rings. The number of carbonyl (C=O) groups excluding carboxylic acids is 1. The van der Waals surface area contributed by atoms with Crippen LogP contribution in [0.1, 0.15) is 33.1 Å². The van der Waals surface area contributed by atoms with E-state index in [0.29, 0.717) is 11.8 Å². The van der Waals surface area contributed by atoms with Crippen molar-refractivity contribution in [3.63, 3.8) is 0 Å². The molecule has 0 atom stereocenters. The molecule has 0 spiro atoms. The average molecular weight is 300 g/mol. The molecule has 19 heavy (non-hydrogen) atoms. The van der Waals surface area contributed by atoms with E-state index in [2.05, 4.69) is 29.4 Å². The summed E-state index contributed by atoms with van der Waals surface area (Å²) in [6.45, 7) is 5.95. The Bertz CT molecular complexity index is 416. The van der Waals surface area contributed by atoms with Crippen molar-refractivity contribution in [1.82, 2.24) is 15.1 Å². The zero-order valence-corrected chi connectivity index (χ0v) is 13.0. The van der Waals surface area contributed by atoms with Gasteiger partial charge >= 0.3 is 0 Å². The van der Waals surface area contributed by atoms with Gasteiger partial charge in [0.2, 0.25) is 11.0 Å². The minimum Gasteiger partial charge on any atom is -0.358 e. The van der Waals surface area contributed by atoms with Crippen molar-refractivity contribution >= 4 is 34.1 Å². The Kier molecular flexibility index (Phi) is 5.45. The van der Waals surface area contributed by atoms with Gasteiger partial charge in [0.1, 0.15) is 0 Å². The fraction of sp³-hybridized carbons (Fsp3) is 0.750. The number of rotatable bonds is 5. The number of likely N-dealkylation sites (tertiary alicyclic amines) is 1. The number of carbonyl (C=O) groups is 1. The van der Waals surface area contributed by atoms with Crippen LogP contribution in [0, 0.1) is 0 Å². The lowest BCUT2D eigenvalue weighted by atomic mass is 10.1. The summed E-state index contributed by atoms with van der Waals surface area (Å²) in [4.78, 5) is 14.0. The van der Waals surface area contributed by atoms with Gasteiger partial charge in [-0.15, -0.1) is 10.2 Å². The quantitative estimate of drug-likeness (QED) is 0.847. The molecule has 1 aliphatic rings. The smallest absolute Gasteiger partial charge is 0.233 e. The molecule has 5 nitrogen and oxygen atoms in total. The van der Waals surface area contributed by atoms with Gasteiger partial charge in [-0.05, 0) is 33.1 Å². The molecule has 0 unspecified atom stereocenters. The van der Waals surface area contributed by atoms with Crippen LogP contribution >= 0.6 is 23.1 Å². The predicted octanol–water partition coefficient (Wildman–Crippen LogP) is 2.46. The Hall–Kier alpha value is -0.820. The first-order chi connectivity index (χ1) is 9.15. The summed E-state index contributed by atoms with van der Waals surface area (Å²) in [6, 6.07) is 0.348. The maximum absolute atomic E-state index is 12.0. The van der Waals surface area contributed by atoms with Gasteiger partial charge in [0.05, 0.1) is 5.75 Å². The van der Waals surface area contributed by atoms with Crippen LogP contribution in [-0.2, 0) is 4.79 Å². The number of thioether (sulfide) groups is 1. The van der Waals surface area contributed by atoms with E-state index in [4.69, 9.17) is 0 Å². The third-order valence-corrected chi connectivity index (χ3v) is 4.82. The second-order valence-electron chi connectivity index (χ2n) is 4.90. The highest BCUT2D eigenvalue weighted by atomic mass is 32.2. The van der Waals surface area contributed by atoms with Gasteiger partial charge in [0, 0.05) is 19.1 Å². The van der Waals surface area contributed by atoms with Crippen LogP contribution in [0.4, 0.5) is 5.13 Å². The Morgan fingerprint density at radius 1 is 1.37 bits per heavy atom. The first kappa shape index (κ1) is 14.6. The topological polar surface area (TPSA) is 58.1 Å². The van der Waals surface area contributed by atoms with Gasteiger partial charge < -0.3 is 10.2 Å². The summed E-state index contributed by atoms with van der Waals surface area (Å²) >= 11 is 2.99. The summed E-state index contributed by atoms with van der Waals surface area (Å²) in [5, 5.41) is 12.2. The molecule has 106 valence electrons. The minimum atomic E-state index is 0.221. The molecule has 7 heteroatoms. The number of hydrogen-bond donors (Lipinski definition) is 1. The third kappa shape index (κ3) is 4.65. The lowest BCUT2D eigenvalue weighted by Gasteiger charge is -2.26. The molecular formula is C12H20N4OS2. The first-order valence-electron chi connectivity index (χ1n) is 6.66. The van der Waals surface area contributed by atoms with Crippen LogP contribution in [0.3, 0.4) is 0 Å². The van der Waals surface area contributed by atoms with Crippen LogP contribution in [0.5, 0.6) is 0 Å². The fourth-order valence-electron chi connectivity index (χ4n) is 1.93. The van der Waals surface area contributed by atoms with Gasteiger partial charge in [-0.3, -0.25) is 4.79 Å². The molecule has 0 aromatic carbocycles. The lowest BCUT2D eigenvalue weighted by molar-refractivity contribution is -0.129. The molecule has 0 aliphatic carbocycles. The molecule has 1 N–H and O–H groups in total. The highest BCUT2D eigenvalue weighted by molar-refractivity contribution is 8.01. The highest BCUT2D eigenvalue weighted by Gasteiger charge is 2.17. The summed E-state index contributed by atoms with van der Waals surface area (Å²) < 4.78 is 0.855. The average Bonchev–Trinajstić information content (AvgIpc) is 2.84. The number of hydrogen-bond acceptors (Lipinski definition) is 6. The van der Waals surface area contributed by atoms with Crippen molar-refractivity contribution < 1.29 is 4.79 Å². The molecule has 2 rings (SSSR count). The van der Waals surface area contributed by atoms with Crippen molar-refractivity contribution in [2.75, 3.05) is 24.2 Å². The van der Waals surface area contributed by atoms with E-state index >= 15 is 0 Å². The zero-order chi connectivity index (χ0) is 13.7. The van der Waals surface area contributed by atoms with Crippen molar-refractivity contribution in [1.29, 1.82) is 0 Å². The predicted molar refractivity (Wildman–Crippen MR) is 79.8 cm³/mol. The van der Waals surface area contributed by atoms with Crippen LogP contribution < -0.4 is 5.32 Å². The number of amides is 1. The minimum absolute atomic E-state index is 0.221. The van der Waals surface area contributed by atoms with Crippen LogP contribution in [0.25, 0.3) is 0 Å². The second-order valence-corrected chi connectivity index (χ2v) is 7.10. The summed E-state index contributed by atoms with van der Waals surface area (Å²) in [6.07, 6.45) is 3.52. The number of piperidine rings is 1. The highest BCUT2D eigenvalue weighted by Crippen LogP contribution is 2.26. The van der Waals surface area contributed by atoms with Gasteiger partial charge in [0.15, 0.2) is 4.34 Å². The molecule has 1 saturated heterocycles. The van der Waals surface area contributed by atoms with E-state index < -0.39 is 0 Å². The number of nitrogens with zero attached hydrogens (tertiary/aromatic N) is 3. The molecule has 1 amide bonds. The molecule has 2 heterocycles. The first-order valence-corrected chi connectivity index (χ1v) is 8.46. The van der Waals surface area contributed by atoms with Crippen LogP contribution in [-0.4, -0.2) is 45.9 Å². The summed E-state index contributed by atoms with van der Waals surface area (Å²) in [5.74, 6) is 0.689. The maximum Gasteiger partial charge on any atom is 0.233 e. The fourth-order valence-corrected chi connectivity index (χ4v) is 3.73. The Morgan fingerprint density at radius 3 is 2.79 bits per heavy atom. The van der Waals surface area contributed by atoms with E-state index in [0.717, 1.165) is 35.4 Å². The standard InChI is InChI=1S/C12H20N4OS2/c1-9(2)13-11-14-15-12(19-11)18-8-10(17)16-6-4-3-5-7-16/h9H,3-8H2,1-2H3,(H,13,14). The molecule has 1 aromatic rings. The van der Waals surface area contributed by atoms with E-state index in [1.165, 1.54) is 29.5 Å². The number of nitrogens with one attached hydrogen (secondary N) is 1. The largest absolute Gasteiger partial charge is 0.358 e. The van der Waals surface area contributed by atoms with E-state index in [-0.39, 0.29) is 5.91 Å². The maximum atomic E-state index is 12.0. The van der Waals surface area contributed by atoms with Crippen LogP contribution in [0.2, 0.25) is 0 Å². The van der Waals surface area contributed by atoms with Crippen molar-refractivity contribution in [2.24, 2.45) is 0 Å². The van der Waals surface area contributed by atoms with Gasteiger partial charge in [0.25, 0.3) is 0 Å². The van der Waals surface area contributed by atoms with E-state index in [1.807, 2.05) is 4.90 Å². The molecule has 0 bridgehead atoms. The SMILES string of the molecule is CC(C)Nc1nnc(SCC(=O)N2CCCCC2)s1. The molecule has 0 saturated carbocycles. The van der Waals surface area contributed by atoms with Gasteiger partial charge in [-0.25, -0.2) is 0 Å². The molecule has 0 radical (unpaired) electrons. The second kappa shape index (κ2) is 7.09. The Balaban J connectivity index is 1.78. The van der Waals surface area contributed by atoms with E-state index in [1.54, 1.807) is 0 Å². The number of anilines is 1. The lowest BCUT2D eigenvalue weighted by Crippen LogP contribution is -2.36. The Labute approximate surface area is 122 Å². The molecule has 1 aliphatic heterocycles. The van der Waals surface area contributed by atoms with E-state index in [9.17, 15) is 4.79 Å². The van der Waals surface area contributed by atoms with Crippen LogP contribution in [0.15, 0.2) is 4.34 Å². The van der Waals surface area contributed by atoms with Gasteiger partial charge in [-0.1, -0.05) is 23.1 Å². The molecular weight excluding hydrogens is 280 g/mol. The number of aromatic nitrogens is 2. The monoisotopic (exact) mass is 300 g/mol. The van der Waals surface area contributed by atoms with Crippen molar-refractivity contribution in [3.05, 3.63) is 0 Å². The molecule has 1 aromatic heterocycles. The summed E-state index contributed by atoms with van der Waals surface area (Å²) in [5.41, 5.74) is 0. The zero-order valence-electron chi connectivity index (χ0n) is 11.4. The van der Waals surface area contributed by atoms with Crippen molar-refractivity contribution in [2.45, 2.75) is 43.5 Å². The third-order valence-electron chi connectivity index (χ3n) is 2.85. The van der Waals surface area contributed by atoms with Crippen molar-refractivity contribution in [3.8, 4) is 0 Å². The van der Waals surface area contributed by atoms with Gasteiger partial charge in [-0.2, -0.15) is 0 Å². The Morgan fingerprint density at radius 2 is 2.11 bits per heavy atom. The normalized spacial score (nSPS) is 15.8. The summed E-state index contributed by atoms with van der Waals surface area (Å²) in [7, 11) is 0.